The Labute approximate surface area is 81.4 Å². The number of morpholine rings is 1. The number of nitrogens with one attached hydrogen (secondary N) is 1. The maximum Gasteiger partial charge on any atom is 0.178 e. The van der Waals surface area contributed by atoms with E-state index in [9.17, 15) is 0 Å². The molecule has 0 saturated carbocycles. The van der Waals surface area contributed by atoms with Crippen molar-refractivity contribution in [2.45, 2.75) is 0 Å². The first kappa shape index (κ1) is 9.01. The molecule has 1 N–H and O–H groups in total. The van der Waals surface area contributed by atoms with Gasteiger partial charge in [-0.3, -0.25) is 0 Å². The Kier molecular flexibility index (Phi) is 2.64. The lowest BCUT2D eigenvalue weighted by atomic mass is 10.4. The third-order valence-corrected chi connectivity index (χ3v) is 2.09. The number of rotatable bonds is 2. The van der Waals surface area contributed by atoms with Crippen LogP contribution in [0, 0.1) is 5.53 Å². The molecule has 0 aliphatic carbocycles. The third-order valence-electron chi connectivity index (χ3n) is 2.09. The van der Waals surface area contributed by atoms with Crippen LogP contribution in [0.1, 0.15) is 0 Å². The van der Waals surface area contributed by atoms with Crippen LogP contribution in [-0.2, 0) is 4.74 Å². The SMILES string of the molecule is N=Nc1cc(N2CCOCC2)ncn1. The molecule has 0 unspecified atom stereocenters. The Bertz CT molecular complexity index is 323. The van der Waals surface area contributed by atoms with E-state index in [2.05, 4.69) is 20.0 Å². The molecule has 2 heterocycles. The minimum Gasteiger partial charge on any atom is -0.378 e. The first-order chi connectivity index (χ1) is 6.90. The molecule has 0 bridgehead atoms. The quantitative estimate of drug-likeness (QED) is 0.710. The highest BCUT2D eigenvalue weighted by Gasteiger charge is 2.12. The summed E-state index contributed by atoms with van der Waals surface area (Å²) in [4.78, 5) is 10.1. The van der Waals surface area contributed by atoms with Gasteiger partial charge in [-0.05, 0) is 0 Å². The molecule has 0 aromatic carbocycles. The normalized spacial score (nSPS) is 16.7. The largest absolute Gasteiger partial charge is 0.378 e. The molecular formula is C8H11N5O. The van der Waals surface area contributed by atoms with Gasteiger partial charge < -0.3 is 9.64 Å². The van der Waals surface area contributed by atoms with Crippen LogP contribution in [0.2, 0.25) is 0 Å². The van der Waals surface area contributed by atoms with E-state index >= 15 is 0 Å². The third kappa shape index (κ3) is 1.85. The minimum atomic E-state index is 0.390. The highest BCUT2D eigenvalue weighted by atomic mass is 16.5. The summed E-state index contributed by atoms with van der Waals surface area (Å²) in [5.41, 5.74) is 6.85. The van der Waals surface area contributed by atoms with E-state index in [0.717, 1.165) is 32.1 Å². The molecular weight excluding hydrogens is 182 g/mol. The van der Waals surface area contributed by atoms with E-state index in [-0.39, 0.29) is 0 Å². The summed E-state index contributed by atoms with van der Waals surface area (Å²) in [7, 11) is 0. The average molecular weight is 193 g/mol. The van der Waals surface area contributed by atoms with Gasteiger partial charge in [-0.1, -0.05) is 0 Å². The van der Waals surface area contributed by atoms with Crippen LogP contribution in [0.3, 0.4) is 0 Å². The van der Waals surface area contributed by atoms with Crippen molar-refractivity contribution in [1.82, 2.24) is 9.97 Å². The van der Waals surface area contributed by atoms with Crippen molar-refractivity contribution >= 4 is 11.6 Å². The van der Waals surface area contributed by atoms with Gasteiger partial charge in [-0.2, -0.15) is 0 Å². The van der Waals surface area contributed by atoms with Crippen molar-refractivity contribution in [2.24, 2.45) is 5.11 Å². The van der Waals surface area contributed by atoms with Gasteiger partial charge in [0.05, 0.1) is 13.2 Å². The Balaban J connectivity index is 2.17. The maximum absolute atomic E-state index is 6.85. The number of nitrogens with zero attached hydrogens (tertiary/aromatic N) is 4. The summed E-state index contributed by atoms with van der Waals surface area (Å²) in [5, 5.41) is 3.27. The standard InChI is InChI=1S/C8H11N5O/c9-12-7-5-8(11-6-10-7)13-1-3-14-4-2-13/h5-6,9H,1-4H2. The Morgan fingerprint density at radius 2 is 2.14 bits per heavy atom. The summed E-state index contributed by atoms with van der Waals surface area (Å²) < 4.78 is 5.23. The monoisotopic (exact) mass is 193 g/mol. The van der Waals surface area contributed by atoms with Crippen LogP contribution in [0.4, 0.5) is 11.6 Å². The van der Waals surface area contributed by atoms with Crippen molar-refractivity contribution in [3.05, 3.63) is 12.4 Å². The zero-order chi connectivity index (χ0) is 9.80. The molecule has 0 spiro atoms. The second kappa shape index (κ2) is 4.10. The fourth-order valence-corrected chi connectivity index (χ4v) is 1.36. The minimum absolute atomic E-state index is 0.390. The zero-order valence-corrected chi connectivity index (χ0v) is 7.68. The van der Waals surface area contributed by atoms with Crippen LogP contribution in [0.5, 0.6) is 0 Å². The lowest BCUT2D eigenvalue weighted by Crippen LogP contribution is -2.36. The molecule has 0 atom stereocenters. The summed E-state index contributed by atoms with van der Waals surface area (Å²) in [5.74, 6) is 1.20. The Morgan fingerprint density at radius 1 is 1.36 bits per heavy atom. The lowest BCUT2D eigenvalue weighted by Gasteiger charge is -2.27. The van der Waals surface area contributed by atoms with E-state index in [1.54, 1.807) is 6.07 Å². The van der Waals surface area contributed by atoms with E-state index < -0.39 is 0 Å². The zero-order valence-electron chi connectivity index (χ0n) is 7.68. The topological polar surface area (TPSA) is 74.5 Å². The van der Waals surface area contributed by atoms with Crippen LogP contribution < -0.4 is 4.90 Å². The van der Waals surface area contributed by atoms with Crippen LogP contribution >= 0.6 is 0 Å². The molecule has 74 valence electrons. The molecule has 1 saturated heterocycles. The number of ether oxygens (including phenoxy) is 1. The van der Waals surface area contributed by atoms with E-state index in [4.69, 9.17) is 10.3 Å². The van der Waals surface area contributed by atoms with E-state index in [1.807, 2.05) is 0 Å². The summed E-state index contributed by atoms with van der Waals surface area (Å²) in [6, 6.07) is 1.71. The van der Waals surface area contributed by atoms with Crippen molar-refractivity contribution in [3.8, 4) is 0 Å². The second-order valence-electron chi connectivity index (χ2n) is 2.95. The molecule has 0 radical (unpaired) electrons. The fourth-order valence-electron chi connectivity index (χ4n) is 1.36. The molecule has 6 heteroatoms. The Morgan fingerprint density at radius 3 is 2.86 bits per heavy atom. The first-order valence-electron chi connectivity index (χ1n) is 4.42. The molecule has 0 amide bonds. The lowest BCUT2D eigenvalue weighted by molar-refractivity contribution is 0.122. The molecule has 1 aliphatic rings. The van der Waals surface area contributed by atoms with Crippen LogP contribution in [-0.4, -0.2) is 36.3 Å². The number of aromatic nitrogens is 2. The van der Waals surface area contributed by atoms with Gasteiger partial charge in [0.1, 0.15) is 12.1 Å². The van der Waals surface area contributed by atoms with Gasteiger partial charge in [0.2, 0.25) is 0 Å². The van der Waals surface area contributed by atoms with Gasteiger partial charge >= 0.3 is 0 Å². The fraction of sp³-hybridized carbons (Fsp3) is 0.500. The molecule has 14 heavy (non-hydrogen) atoms. The summed E-state index contributed by atoms with van der Waals surface area (Å²) in [6.45, 7) is 3.09. The maximum atomic E-state index is 6.85. The predicted molar refractivity (Wildman–Crippen MR) is 49.9 cm³/mol. The highest BCUT2D eigenvalue weighted by molar-refractivity contribution is 5.45. The van der Waals surface area contributed by atoms with Gasteiger partial charge in [0.15, 0.2) is 5.82 Å². The summed E-state index contributed by atoms with van der Waals surface area (Å²) >= 11 is 0. The number of hydrogen-bond donors (Lipinski definition) is 1. The van der Waals surface area contributed by atoms with Crippen molar-refractivity contribution in [1.29, 1.82) is 5.53 Å². The number of hydrogen-bond acceptors (Lipinski definition) is 6. The van der Waals surface area contributed by atoms with Gasteiger partial charge in [0, 0.05) is 19.2 Å². The van der Waals surface area contributed by atoms with Crippen molar-refractivity contribution in [3.63, 3.8) is 0 Å². The number of anilines is 1. The summed E-state index contributed by atoms with van der Waals surface area (Å²) in [6.07, 6.45) is 1.43. The molecule has 1 aliphatic heterocycles. The van der Waals surface area contributed by atoms with Gasteiger partial charge in [-0.15, -0.1) is 5.11 Å². The molecule has 6 nitrogen and oxygen atoms in total. The second-order valence-corrected chi connectivity index (χ2v) is 2.95. The molecule has 1 aromatic heterocycles. The highest BCUT2D eigenvalue weighted by Crippen LogP contribution is 2.16. The van der Waals surface area contributed by atoms with Crippen molar-refractivity contribution in [2.75, 3.05) is 31.2 Å². The van der Waals surface area contributed by atoms with Crippen molar-refractivity contribution < 1.29 is 4.74 Å². The van der Waals surface area contributed by atoms with Gasteiger partial charge in [0.25, 0.3) is 0 Å². The molecule has 1 aromatic rings. The average Bonchev–Trinajstić information content (AvgIpc) is 2.30. The smallest absolute Gasteiger partial charge is 0.178 e. The van der Waals surface area contributed by atoms with Gasteiger partial charge in [-0.25, -0.2) is 15.5 Å². The van der Waals surface area contributed by atoms with Crippen LogP contribution in [0.25, 0.3) is 0 Å². The Hall–Kier alpha value is -1.56. The van der Waals surface area contributed by atoms with E-state index in [0.29, 0.717) is 5.82 Å². The molecule has 2 rings (SSSR count). The predicted octanol–water partition coefficient (Wildman–Crippen LogP) is 0.976. The van der Waals surface area contributed by atoms with E-state index in [1.165, 1.54) is 6.33 Å². The first-order valence-corrected chi connectivity index (χ1v) is 4.42. The molecule has 1 fully saturated rings. The van der Waals surface area contributed by atoms with Crippen LogP contribution in [0.15, 0.2) is 17.5 Å².